The quantitative estimate of drug-likeness (QED) is 0.663. The molecule has 1 aromatic carbocycles. The number of benzene rings is 1. The third-order valence-electron chi connectivity index (χ3n) is 2.97. The molecule has 18 heavy (non-hydrogen) atoms. The SMILES string of the molecule is CCCCOc1cccc(CNC(CC)CO)c1. The van der Waals surface area contributed by atoms with Crippen LogP contribution in [0, 0.1) is 0 Å². The summed E-state index contributed by atoms with van der Waals surface area (Å²) in [7, 11) is 0. The zero-order chi connectivity index (χ0) is 13.2. The van der Waals surface area contributed by atoms with Crippen LogP contribution >= 0.6 is 0 Å². The van der Waals surface area contributed by atoms with E-state index in [-0.39, 0.29) is 12.6 Å². The Morgan fingerprint density at radius 3 is 2.83 bits per heavy atom. The number of ether oxygens (including phenoxy) is 1. The number of aliphatic hydroxyl groups is 1. The van der Waals surface area contributed by atoms with E-state index >= 15 is 0 Å². The number of unbranched alkanes of at least 4 members (excludes halogenated alkanes) is 1. The molecule has 3 heteroatoms. The summed E-state index contributed by atoms with van der Waals surface area (Å²) >= 11 is 0. The zero-order valence-corrected chi connectivity index (χ0v) is 11.5. The van der Waals surface area contributed by atoms with E-state index in [4.69, 9.17) is 9.84 Å². The van der Waals surface area contributed by atoms with Gasteiger partial charge in [0.05, 0.1) is 13.2 Å². The minimum atomic E-state index is 0.176. The number of aliphatic hydroxyl groups excluding tert-OH is 1. The molecule has 1 atom stereocenters. The van der Waals surface area contributed by atoms with Gasteiger partial charge >= 0.3 is 0 Å². The summed E-state index contributed by atoms with van der Waals surface area (Å²) in [5.41, 5.74) is 1.19. The van der Waals surface area contributed by atoms with Gasteiger partial charge < -0.3 is 15.2 Å². The number of hydrogen-bond acceptors (Lipinski definition) is 3. The average Bonchev–Trinajstić information content (AvgIpc) is 2.41. The molecule has 1 rings (SSSR count). The Bertz CT molecular complexity index is 324. The van der Waals surface area contributed by atoms with Crippen LogP contribution < -0.4 is 10.1 Å². The summed E-state index contributed by atoms with van der Waals surface area (Å²) < 4.78 is 5.67. The first-order chi connectivity index (χ1) is 8.80. The van der Waals surface area contributed by atoms with Crippen LogP contribution in [0.4, 0.5) is 0 Å². The van der Waals surface area contributed by atoms with Crippen molar-refractivity contribution in [3.8, 4) is 5.75 Å². The minimum absolute atomic E-state index is 0.176. The Labute approximate surface area is 110 Å². The first kappa shape index (κ1) is 15.0. The first-order valence-electron chi connectivity index (χ1n) is 6.86. The van der Waals surface area contributed by atoms with Crippen LogP contribution in [0.25, 0.3) is 0 Å². The highest BCUT2D eigenvalue weighted by Crippen LogP contribution is 2.14. The van der Waals surface area contributed by atoms with Gasteiger partial charge in [0.15, 0.2) is 0 Å². The predicted octanol–water partition coefficient (Wildman–Crippen LogP) is 2.73. The van der Waals surface area contributed by atoms with E-state index in [0.717, 1.165) is 38.2 Å². The molecule has 0 aliphatic heterocycles. The van der Waals surface area contributed by atoms with Crippen LogP contribution in [-0.2, 0) is 6.54 Å². The van der Waals surface area contributed by atoms with Crippen molar-refractivity contribution in [2.24, 2.45) is 0 Å². The lowest BCUT2D eigenvalue weighted by Gasteiger charge is -2.14. The van der Waals surface area contributed by atoms with Gasteiger partial charge in [-0.3, -0.25) is 0 Å². The fraction of sp³-hybridized carbons (Fsp3) is 0.600. The molecule has 3 nitrogen and oxygen atoms in total. The number of rotatable bonds is 9. The topological polar surface area (TPSA) is 41.5 Å². The van der Waals surface area contributed by atoms with Crippen LogP contribution in [0.2, 0.25) is 0 Å². The molecule has 0 heterocycles. The average molecular weight is 251 g/mol. The Hall–Kier alpha value is -1.06. The molecule has 102 valence electrons. The van der Waals surface area contributed by atoms with Gasteiger partial charge in [-0.15, -0.1) is 0 Å². The normalized spacial score (nSPS) is 12.4. The molecule has 0 saturated heterocycles. The van der Waals surface area contributed by atoms with Crippen LogP contribution in [0.5, 0.6) is 5.75 Å². The predicted molar refractivity (Wildman–Crippen MR) is 74.8 cm³/mol. The summed E-state index contributed by atoms with van der Waals surface area (Å²) in [6.45, 7) is 5.95. The second kappa shape index (κ2) is 8.95. The van der Waals surface area contributed by atoms with Crippen LogP contribution in [0.15, 0.2) is 24.3 Å². The van der Waals surface area contributed by atoms with Gasteiger partial charge in [-0.25, -0.2) is 0 Å². The molecule has 0 aliphatic carbocycles. The summed E-state index contributed by atoms with van der Waals surface area (Å²) in [5.74, 6) is 0.930. The van der Waals surface area contributed by atoms with E-state index in [1.807, 2.05) is 12.1 Å². The molecular formula is C15H25NO2. The molecule has 0 aromatic heterocycles. The Morgan fingerprint density at radius 1 is 1.33 bits per heavy atom. The van der Waals surface area contributed by atoms with Gasteiger partial charge in [-0.2, -0.15) is 0 Å². The summed E-state index contributed by atoms with van der Waals surface area (Å²) in [4.78, 5) is 0. The van der Waals surface area contributed by atoms with E-state index in [9.17, 15) is 0 Å². The van der Waals surface area contributed by atoms with Crippen LogP contribution in [0.3, 0.4) is 0 Å². The third-order valence-corrected chi connectivity index (χ3v) is 2.97. The van der Waals surface area contributed by atoms with E-state index < -0.39 is 0 Å². The van der Waals surface area contributed by atoms with Crippen molar-refractivity contribution in [3.05, 3.63) is 29.8 Å². The molecule has 1 aromatic rings. The van der Waals surface area contributed by atoms with E-state index in [1.54, 1.807) is 0 Å². The smallest absolute Gasteiger partial charge is 0.119 e. The van der Waals surface area contributed by atoms with E-state index in [0.29, 0.717) is 0 Å². The summed E-state index contributed by atoms with van der Waals surface area (Å²) in [6.07, 6.45) is 3.17. The number of hydrogen-bond donors (Lipinski definition) is 2. The zero-order valence-electron chi connectivity index (χ0n) is 11.5. The largest absolute Gasteiger partial charge is 0.494 e. The lowest BCUT2D eigenvalue weighted by Crippen LogP contribution is -2.31. The van der Waals surface area contributed by atoms with Crippen molar-refractivity contribution in [1.82, 2.24) is 5.32 Å². The Kier molecular flexibility index (Phi) is 7.46. The van der Waals surface area contributed by atoms with Crippen LogP contribution in [0.1, 0.15) is 38.7 Å². The molecule has 0 bridgehead atoms. The maximum atomic E-state index is 9.11. The minimum Gasteiger partial charge on any atom is -0.494 e. The second-order valence-electron chi connectivity index (χ2n) is 4.52. The highest BCUT2D eigenvalue weighted by Gasteiger charge is 2.03. The monoisotopic (exact) mass is 251 g/mol. The highest BCUT2D eigenvalue weighted by atomic mass is 16.5. The van der Waals surface area contributed by atoms with Crippen molar-refractivity contribution >= 4 is 0 Å². The molecule has 0 saturated carbocycles. The second-order valence-corrected chi connectivity index (χ2v) is 4.52. The summed E-state index contributed by atoms with van der Waals surface area (Å²) in [6, 6.07) is 8.31. The molecule has 1 unspecified atom stereocenters. The van der Waals surface area contributed by atoms with E-state index in [2.05, 4.69) is 31.3 Å². The van der Waals surface area contributed by atoms with Crippen molar-refractivity contribution in [2.45, 2.75) is 45.7 Å². The third kappa shape index (κ3) is 5.52. The fourth-order valence-corrected chi connectivity index (χ4v) is 1.68. The van der Waals surface area contributed by atoms with Crippen LogP contribution in [-0.4, -0.2) is 24.4 Å². The standard InChI is InChI=1S/C15H25NO2/c1-3-5-9-18-15-8-6-7-13(10-15)11-16-14(4-2)12-17/h6-8,10,14,16-17H,3-5,9,11-12H2,1-2H3. The lowest BCUT2D eigenvalue weighted by molar-refractivity contribution is 0.238. The molecular weight excluding hydrogens is 226 g/mol. The maximum absolute atomic E-state index is 9.11. The molecule has 0 aliphatic rings. The number of nitrogens with one attached hydrogen (secondary N) is 1. The summed E-state index contributed by atoms with van der Waals surface area (Å²) in [5, 5.41) is 12.4. The van der Waals surface area contributed by atoms with Gasteiger partial charge in [0, 0.05) is 12.6 Å². The highest BCUT2D eigenvalue weighted by molar-refractivity contribution is 5.28. The molecule has 0 spiro atoms. The maximum Gasteiger partial charge on any atom is 0.119 e. The Morgan fingerprint density at radius 2 is 2.17 bits per heavy atom. The fourth-order valence-electron chi connectivity index (χ4n) is 1.68. The van der Waals surface area contributed by atoms with Gasteiger partial charge in [0.25, 0.3) is 0 Å². The molecule has 0 amide bonds. The Balaban J connectivity index is 2.43. The van der Waals surface area contributed by atoms with E-state index in [1.165, 1.54) is 5.56 Å². The van der Waals surface area contributed by atoms with Crippen molar-refractivity contribution in [1.29, 1.82) is 0 Å². The van der Waals surface area contributed by atoms with Gasteiger partial charge in [-0.05, 0) is 30.5 Å². The van der Waals surface area contributed by atoms with Crippen molar-refractivity contribution in [3.63, 3.8) is 0 Å². The van der Waals surface area contributed by atoms with Gasteiger partial charge in [0.2, 0.25) is 0 Å². The van der Waals surface area contributed by atoms with Gasteiger partial charge in [0.1, 0.15) is 5.75 Å². The molecule has 2 N–H and O–H groups in total. The van der Waals surface area contributed by atoms with Gasteiger partial charge in [-0.1, -0.05) is 32.4 Å². The lowest BCUT2D eigenvalue weighted by atomic mass is 10.2. The molecule has 0 fully saturated rings. The van der Waals surface area contributed by atoms with Crippen molar-refractivity contribution in [2.75, 3.05) is 13.2 Å². The first-order valence-corrected chi connectivity index (χ1v) is 6.86. The molecule has 0 radical (unpaired) electrons. The van der Waals surface area contributed by atoms with Crippen molar-refractivity contribution < 1.29 is 9.84 Å².